The highest BCUT2D eigenvalue weighted by Gasteiger charge is 2.53. The van der Waals surface area contributed by atoms with Gasteiger partial charge in [-0.05, 0) is 62.2 Å². The van der Waals surface area contributed by atoms with Crippen LogP contribution in [-0.2, 0) is 14.9 Å². The molecular formula is C21H30N4O2. The Bertz CT molecular complexity index is 714. The summed E-state index contributed by atoms with van der Waals surface area (Å²) in [6.07, 6.45) is 5.51. The van der Waals surface area contributed by atoms with Gasteiger partial charge in [0.25, 0.3) is 0 Å². The number of fused-ring (bicyclic) bond motifs is 2. The maximum Gasteiger partial charge on any atom is 0.239 e. The molecule has 2 aliphatic heterocycles. The molecule has 2 heterocycles. The second-order valence-electron chi connectivity index (χ2n) is 8.66. The number of piperidine rings is 1. The Labute approximate surface area is 160 Å². The molecule has 146 valence electrons. The van der Waals surface area contributed by atoms with Crippen LogP contribution < -0.4 is 21.5 Å². The van der Waals surface area contributed by atoms with E-state index >= 15 is 0 Å². The zero-order chi connectivity index (χ0) is 18.4. The van der Waals surface area contributed by atoms with Gasteiger partial charge in [-0.25, -0.2) is 5.43 Å². The van der Waals surface area contributed by atoms with Gasteiger partial charge in [-0.3, -0.25) is 10.2 Å². The van der Waals surface area contributed by atoms with E-state index in [0.29, 0.717) is 6.04 Å². The van der Waals surface area contributed by atoms with Crippen molar-refractivity contribution in [2.75, 3.05) is 20.2 Å². The first kappa shape index (κ1) is 17.6. The molecule has 4 atom stereocenters. The first-order valence-corrected chi connectivity index (χ1v) is 10.4. The van der Waals surface area contributed by atoms with Crippen molar-refractivity contribution in [1.29, 1.82) is 0 Å². The van der Waals surface area contributed by atoms with Gasteiger partial charge in [0.05, 0.1) is 12.1 Å². The van der Waals surface area contributed by atoms with E-state index < -0.39 is 0 Å². The van der Waals surface area contributed by atoms with Gasteiger partial charge in [-0.1, -0.05) is 24.3 Å². The lowest BCUT2D eigenvalue weighted by Gasteiger charge is -2.40. The zero-order valence-electron chi connectivity index (χ0n) is 16.0. The SMILES string of the molecule is CO[C@@H]1[C@@H](NC(=O)C2CC(C3CC3)NN2)c2ccccc2C12CCNCC2. The lowest BCUT2D eigenvalue weighted by molar-refractivity contribution is -0.125. The number of ether oxygens (including phenoxy) is 1. The highest BCUT2D eigenvalue weighted by molar-refractivity contribution is 5.83. The van der Waals surface area contributed by atoms with Gasteiger partial charge in [0.2, 0.25) is 5.91 Å². The summed E-state index contributed by atoms with van der Waals surface area (Å²) in [5.41, 5.74) is 9.12. The normalized spacial score (nSPS) is 34.6. The first-order chi connectivity index (χ1) is 13.2. The summed E-state index contributed by atoms with van der Waals surface area (Å²) in [4.78, 5) is 13.1. The summed E-state index contributed by atoms with van der Waals surface area (Å²) in [7, 11) is 1.79. The summed E-state index contributed by atoms with van der Waals surface area (Å²) in [5, 5.41) is 6.81. The number of methoxy groups -OCH3 is 1. The predicted molar refractivity (Wildman–Crippen MR) is 103 cm³/mol. The molecule has 4 N–H and O–H groups in total. The van der Waals surface area contributed by atoms with Crippen LogP contribution in [0.15, 0.2) is 24.3 Å². The average molecular weight is 370 g/mol. The Morgan fingerprint density at radius 3 is 2.70 bits per heavy atom. The number of benzene rings is 1. The minimum absolute atomic E-state index is 0.00750. The van der Waals surface area contributed by atoms with E-state index in [1.54, 1.807) is 7.11 Å². The van der Waals surface area contributed by atoms with Crippen molar-refractivity contribution in [2.24, 2.45) is 5.92 Å². The summed E-state index contributed by atoms with van der Waals surface area (Å²) in [5.74, 6) is 0.825. The number of carbonyl (C=O) groups is 1. The molecule has 2 aliphatic carbocycles. The molecule has 5 rings (SSSR count). The number of rotatable bonds is 4. The summed E-state index contributed by atoms with van der Waals surface area (Å²) in [6.45, 7) is 1.98. The molecule has 1 spiro atoms. The maximum atomic E-state index is 13.1. The number of carbonyl (C=O) groups excluding carboxylic acids is 1. The monoisotopic (exact) mass is 370 g/mol. The summed E-state index contributed by atoms with van der Waals surface area (Å²) >= 11 is 0. The Morgan fingerprint density at radius 2 is 1.96 bits per heavy atom. The van der Waals surface area contributed by atoms with Crippen LogP contribution >= 0.6 is 0 Å². The fourth-order valence-corrected chi connectivity index (χ4v) is 5.61. The molecule has 3 fully saturated rings. The molecule has 1 saturated carbocycles. The topological polar surface area (TPSA) is 74.4 Å². The van der Waals surface area contributed by atoms with Crippen LogP contribution in [-0.4, -0.2) is 44.3 Å². The van der Waals surface area contributed by atoms with Crippen molar-refractivity contribution in [3.8, 4) is 0 Å². The second-order valence-corrected chi connectivity index (χ2v) is 8.66. The molecule has 2 saturated heterocycles. The van der Waals surface area contributed by atoms with Gasteiger partial charge in [0, 0.05) is 18.6 Å². The zero-order valence-corrected chi connectivity index (χ0v) is 16.0. The molecule has 27 heavy (non-hydrogen) atoms. The van der Waals surface area contributed by atoms with Crippen LogP contribution in [0.3, 0.4) is 0 Å². The van der Waals surface area contributed by atoms with E-state index in [1.807, 2.05) is 0 Å². The highest BCUT2D eigenvalue weighted by atomic mass is 16.5. The minimum Gasteiger partial charge on any atom is -0.378 e. The molecule has 4 aliphatic rings. The lowest BCUT2D eigenvalue weighted by atomic mass is 9.72. The van der Waals surface area contributed by atoms with Gasteiger partial charge in [0.15, 0.2) is 0 Å². The van der Waals surface area contributed by atoms with Crippen LogP contribution in [0.4, 0.5) is 0 Å². The van der Waals surface area contributed by atoms with Crippen LogP contribution in [0.2, 0.25) is 0 Å². The molecule has 0 radical (unpaired) electrons. The van der Waals surface area contributed by atoms with Gasteiger partial charge >= 0.3 is 0 Å². The Kier molecular flexibility index (Phi) is 4.47. The largest absolute Gasteiger partial charge is 0.378 e. The third-order valence-corrected chi connectivity index (χ3v) is 7.17. The van der Waals surface area contributed by atoms with Gasteiger partial charge in [0.1, 0.15) is 6.04 Å². The predicted octanol–water partition coefficient (Wildman–Crippen LogP) is 1.14. The van der Waals surface area contributed by atoms with Gasteiger partial charge in [-0.15, -0.1) is 0 Å². The lowest BCUT2D eigenvalue weighted by Crippen LogP contribution is -2.51. The molecule has 0 aromatic heterocycles. The van der Waals surface area contributed by atoms with Crippen molar-refractivity contribution in [3.63, 3.8) is 0 Å². The Hall–Kier alpha value is -1.47. The minimum atomic E-state index is -0.162. The summed E-state index contributed by atoms with van der Waals surface area (Å²) in [6, 6.07) is 8.77. The van der Waals surface area contributed by atoms with Crippen LogP contribution in [0.5, 0.6) is 0 Å². The average Bonchev–Trinajstić information content (AvgIpc) is 3.38. The summed E-state index contributed by atoms with van der Waals surface area (Å²) < 4.78 is 6.05. The number of nitrogens with one attached hydrogen (secondary N) is 4. The third kappa shape index (κ3) is 2.90. The quantitative estimate of drug-likeness (QED) is 0.640. The fourth-order valence-electron chi connectivity index (χ4n) is 5.61. The van der Waals surface area contributed by atoms with Crippen LogP contribution in [0.1, 0.15) is 49.3 Å². The Balaban J connectivity index is 1.39. The molecule has 1 amide bonds. The molecule has 0 bridgehead atoms. The molecule has 6 nitrogen and oxygen atoms in total. The van der Waals surface area contributed by atoms with E-state index in [0.717, 1.165) is 38.3 Å². The highest BCUT2D eigenvalue weighted by Crippen LogP contribution is 2.51. The van der Waals surface area contributed by atoms with Crippen molar-refractivity contribution in [2.45, 2.75) is 61.7 Å². The number of hydrogen-bond donors (Lipinski definition) is 4. The third-order valence-electron chi connectivity index (χ3n) is 7.17. The smallest absolute Gasteiger partial charge is 0.239 e. The maximum absolute atomic E-state index is 13.1. The second kappa shape index (κ2) is 6.85. The Morgan fingerprint density at radius 1 is 1.19 bits per heavy atom. The van der Waals surface area contributed by atoms with Gasteiger partial charge < -0.3 is 15.4 Å². The molecule has 6 heteroatoms. The molecular weight excluding hydrogens is 340 g/mol. The van der Waals surface area contributed by atoms with Crippen LogP contribution in [0, 0.1) is 5.92 Å². The van der Waals surface area contributed by atoms with Crippen LogP contribution in [0.25, 0.3) is 0 Å². The molecule has 1 aromatic carbocycles. The number of hydrazine groups is 1. The van der Waals surface area contributed by atoms with E-state index in [1.165, 1.54) is 24.0 Å². The van der Waals surface area contributed by atoms with E-state index in [-0.39, 0.29) is 29.5 Å². The molecule has 2 unspecified atom stereocenters. The van der Waals surface area contributed by atoms with E-state index in [2.05, 4.69) is 45.8 Å². The molecule has 1 aromatic rings. The van der Waals surface area contributed by atoms with Crippen molar-refractivity contribution < 1.29 is 9.53 Å². The van der Waals surface area contributed by atoms with Crippen molar-refractivity contribution in [3.05, 3.63) is 35.4 Å². The van der Waals surface area contributed by atoms with Crippen molar-refractivity contribution in [1.82, 2.24) is 21.5 Å². The van der Waals surface area contributed by atoms with E-state index in [9.17, 15) is 4.79 Å². The standard InChI is InChI=1S/C21H30N4O2/c1-27-19-18(23-20(26)17-12-16(24-25-17)13-6-7-13)14-4-2-3-5-15(14)21(19)8-10-22-11-9-21/h2-5,13,16-19,22,24-25H,6-12H2,1H3,(H,23,26)/t16?,17?,18-,19+/m0/s1. The first-order valence-electron chi connectivity index (χ1n) is 10.4. The van der Waals surface area contributed by atoms with Gasteiger partial charge in [-0.2, -0.15) is 0 Å². The van der Waals surface area contributed by atoms with Crippen molar-refractivity contribution >= 4 is 5.91 Å². The van der Waals surface area contributed by atoms with E-state index in [4.69, 9.17) is 4.74 Å². The number of hydrogen-bond acceptors (Lipinski definition) is 5. The fraction of sp³-hybridized carbons (Fsp3) is 0.667. The number of amides is 1.